The van der Waals surface area contributed by atoms with Crippen molar-refractivity contribution < 1.29 is 15.4 Å². The average molecular weight is 764 g/mol. The second-order valence-electron chi connectivity index (χ2n) is 15.4. The van der Waals surface area contributed by atoms with Crippen molar-refractivity contribution in [2.24, 2.45) is 0 Å². The van der Waals surface area contributed by atoms with Crippen molar-refractivity contribution in [1.29, 1.82) is 0 Å². The number of hydrogen-bond acceptors (Lipinski definition) is 2. The minimum Gasteiger partial charge on any atom is -0.456 e. The fraction of sp³-hybridized carbons (Fsp3) is 0.0526. The molecule has 0 saturated carbocycles. The number of hydrogen-bond donors (Lipinski definition) is 0. The third kappa shape index (κ3) is 5.87. The van der Waals surface area contributed by atoms with Gasteiger partial charge in [-0.2, -0.15) is 0 Å². The highest BCUT2D eigenvalue weighted by atomic mass is 16.3. The van der Waals surface area contributed by atoms with Gasteiger partial charge in [0.25, 0.3) is 0 Å². The topological polar surface area (TPSA) is 16.4 Å². The first kappa shape index (κ1) is 27.3. The van der Waals surface area contributed by atoms with Crippen molar-refractivity contribution in [1.82, 2.24) is 0 Å². The SMILES string of the molecule is [2H]c1c([2H])c(N(c2ccc(-c3cccc4c3C(C)(C)c3ccccc3-4)cc2)c2c([2H])c([2H])c(-c3cccc4oc5ccccc5c34)c([2H])c2[2H])c([2H])c([2H])c1-c1ccc(-c2ccccc2)cc1. The molecule has 0 saturated heterocycles. The zero-order valence-corrected chi connectivity index (χ0v) is 32.4. The maximum Gasteiger partial charge on any atom is 0.136 e. The van der Waals surface area contributed by atoms with E-state index in [1.807, 2.05) is 91.0 Å². The van der Waals surface area contributed by atoms with Gasteiger partial charge in [0.2, 0.25) is 0 Å². The monoisotopic (exact) mass is 763 g/mol. The lowest BCUT2D eigenvalue weighted by Gasteiger charge is -2.27. The number of fused-ring (bicyclic) bond motifs is 6. The molecule has 0 radical (unpaired) electrons. The van der Waals surface area contributed by atoms with E-state index in [1.54, 1.807) is 36.4 Å². The Morgan fingerprint density at radius 1 is 0.390 bits per heavy atom. The predicted molar refractivity (Wildman–Crippen MR) is 248 cm³/mol. The fourth-order valence-electron chi connectivity index (χ4n) is 8.81. The number of benzene rings is 9. The molecule has 1 heterocycles. The first-order chi connectivity index (χ1) is 32.4. The summed E-state index contributed by atoms with van der Waals surface area (Å²) in [5.74, 6) is 0. The van der Waals surface area contributed by atoms with Crippen LogP contribution in [0.2, 0.25) is 0 Å². The van der Waals surface area contributed by atoms with Gasteiger partial charge in [0.15, 0.2) is 0 Å². The third-order valence-electron chi connectivity index (χ3n) is 11.6. The van der Waals surface area contributed by atoms with Gasteiger partial charge >= 0.3 is 0 Å². The summed E-state index contributed by atoms with van der Waals surface area (Å²) in [6, 6.07) is 49.2. The molecule has 2 heteroatoms. The molecule has 0 fully saturated rings. The van der Waals surface area contributed by atoms with Crippen molar-refractivity contribution in [2.75, 3.05) is 4.90 Å². The van der Waals surface area contributed by atoms with Crippen molar-refractivity contribution in [3.8, 4) is 55.6 Å². The molecular weight excluding hydrogens is 715 g/mol. The Kier molecular flexibility index (Phi) is 6.42. The summed E-state index contributed by atoms with van der Waals surface area (Å²) in [4.78, 5) is 1.36. The van der Waals surface area contributed by atoms with Crippen LogP contribution in [0.25, 0.3) is 77.6 Å². The van der Waals surface area contributed by atoms with E-state index in [2.05, 4.69) is 50.2 Å². The van der Waals surface area contributed by atoms with E-state index in [4.69, 9.17) is 4.42 Å². The molecule has 9 aromatic carbocycles. The molecule has 59 heavy (non-hydrogen) atoms. The molecule has 0 bridgehead atoms. The van der Waals surface area contributed by atoms with Gasteiger partial charge in [-0.25, -0.2) is 0 Å². The largest absolute Gasteiger partial charge is 0.456 e. The first-order valence-corrected chi connectivity index (χ1v) is 19.8. The molecule has 0 atom stereocenters. The van der Waals surface area contributed by atoms with E-state index in [0.717, 1.165) is 33.2 Å². The smallest absolute Gasteiger partial charge is 0.136 e. The van der Waals surface area contributed by atoms with Crippen LogP contribution >= 0.6 is 0 Å². The average Bonchev–Trinajstić information content (AvgIpc) is 3.85. The van der Waals surface area contributed by atoms with Gasteiger partial charge in [-0.15, -0.1) is 0 Å². The molecule has 10 aromatic rings. The van der Waals surface area contributed by atoms with Crippen LogP contribution in [0.5, 0.6) is 0 Å². The van der Waals surface area contributed by atoms with Crippen LogP contribution in [0.3, 0.4) is 0 Å². The summed E-state index contributed by atoms with van der Waals surface area (Å²) in [5, 5.41) is 1.43. The van der Waals surface area contributed by atoms with E-state index in [-0.39, 0.29) is 52.1 Å². The van der Waals surface area contributed by atoms with Crippen molar-refractivity contribution in [3.05, 3.63) is 223 Å². The summed E-state index contributed by atoms with van der Waals surface area (Å²) >= 11 is 0. The van der Waals surface area contributed by atoms with Gasteiger partial charge < -0.3 is 9.32 Å². The van der Waals surface area contributed by atoms with Crippen LogP contribution in [-0.4, -0.2) is 0 Å². The van der Waals surface area contributed by atoms with Crippen molar-refractivity contribution in [2.45, 2.75) is 19.3 Å². The number of furan rings is 1. The zero-order chi connectivity index (χ0) is 46.5. The van der Waals surface area contributed by atoms with Gasteiger partial charge in [-0.1, -0.05) is 178 Å². The molecule has 0 amide bonds. The normalized spacial score (nSPS) is 14.6. The van der Waals surface area contributed by atoms with Crippen LogP contribution in [0.4, 0.5) is 17.1 Å². The predicted octanol–water partition coefficient (Wildman–Crippen LogP) is 16.0. The Balaban J connectivity index is 1.11. The maximum atomic E-state index is 9.70. The van der Waals surface area contributed by atoms with Gasteiger partial charge in [0.05, 0.1) is 11.0 Å². The van der Waals surface area contributed by atoms with Crippen molar-refractivity contribution >= 4 is 39.0 Å². The Morgan fingerprint density at radius 2 is 0.915 bits per heavy atom. The summed E-state index contributed by atoms with van der Waals surface area (Å²) in [7, 11) is 0. The second-order valence-corrected chi connectivity index (χ2v) is 15.4. The maximum absolute atomic E-state index is 9.70. The van der Waals surface area contributed by atoms with E-state index < -0.39 is 24.2 Å². The van der Waals surface area contributed by atoms with Crippen LogP contribution in [0.15, 0.2) is 217 Å². The fourth-order valence-corrected chi connectivity index (χ4v) is 8.81. The Morgan fingerprint density at radius 3 is 1.66 bits per heavy atom. The molecule has 11 rings (SSSR count). The Bertz CT molecular complexity index is 3580. The van der Waals surface area contributed by atoms with Gasteiger partial charge in [0.1, 0.15) is 11.2 Å². The molecule has 0 N–H and O–H groups in total. The highest BCUT2D eigenvalue weighted by Crippen LogP contribution is 2.52. The Hall–Kier alpha value is -7.42. The van der Waals surface area contributed by atoms with Crippen LogP contribution in [0.1, 0.15) is 35.9 Å². The summed E-state index contributed by atoms with van der Waals surface area (Å²) in [6.45, 7) is 4.45. The molecular formula is C57H41NO. The third-order valence-corrected chi connectivity index (χ3v) is 11.6. The molecule has 0 spiro atoms. The van der Waals surface area contributed by atoms with Crippen LogP contribution in [0, 0.1) is 0 Å². The summed E-state index contributed by atoms with van der Waals surface area (Å²) in [5.41, 5.74) is 10.5. The number of para-hydroxylation sites is 1. The standard InChI is InChI=1S/C57H41NO/c1-57(2)52-19-8-6-14-49(52)50-18-10-17-48(56(50)57)43-30-36-46(37-31-43)58(44-32-26-41(27-33-44)40-24-22-39(23-25-40)38-12-4-3-5-13-38)45-34-28-42(29-35-45)47-16-11-21-54-55(47)51-15-7-9-20-53(51)59-54/h3-37H,1-2H3/i26D,27D,28D,29D,32D,33D,34D,35D. The lowest BCUT2D eigenvalue weighted by molar-refractivity contribution is 0.662. The molecule has 2 nitrogen and oxygen atoms in total. The highest BCUT2D eigenvalue weighted by molar-refractivity contribution is 6.12. The first-order valence-electron chi connectivity index (χ1n) is 23.8. The molecule has 1 aromatic heterocycles. The van der Waals surface area contributed by atoms with Crippen LogP contribution < -0.4 is 4.90 Å². The molecule has 1 aliphatic carbocycles. The van der Waals surface area contributed by atoms with Crippen LogP contribution in [-0.2, 0) is 5.41 Å². The molecule has 0 unspecified atom stereocenters. The van der Waals surface area contributed by atoms with E-state index >= 15 is 0 Å². The number of anilines is 3. The minimum atomic E-state index is -0.414. The van der Waals surface area contributed by atoms with Crippen molar-refractivity contribution in [3.63, 3.8) is 0 Å². The van der Waals surface area contributed by atoms with E-state index in [9.17, 15) is 11.0 Å². The zero-order valence-electron chi connectivity index (χ0n) is 40.4. The number of nitrogens with zero attached hydrogens (tertiary/aromatic N) is 1. The summed E-state index contributed by atoms with van der Waals surface area (Å²) < 4.78 is 82.8. The molecule has 280 valence electrons. The Labute approximate surface area is 356 Å². The molecule has 0 aliphatic heterocycles. The lowest BCUT2D eigenvalue weighted by Crippen LogP contribution is -2.16. The minimum absolute atomic E-state index is 0.0709. The van der Waals surface area contributed by atoms with Gasteiger partial charge in [-0.3, -0.25) is 0 Å². The lowest BCUT2D eigenvalue weighted by atomic mass is 9.79. The molecule has 1 aliphatic rings. The van der Waals surface area contributed by atoms with Gasteiger partial charge in [-0.05, 0) is 115 Å². The van der Waals surface area contributed by atoms with E-state index in [1.165, 1.54) is 21.6 Å². The second kappa shape index (κ2) is 13.9. The van der Waals surface area contributed by atoms with Gasteiger partial charge in [0, 0.05) is 33.2 Å². The number of rotatable bonds is 7. The quantitative estimate of drug-likeness (QED) is 0.161. The van der Waals surface area contributed by atoms with E-state index in [0.29, 0.717) is 33.4 Å². The highest BCUT2D eigenvalue weighted by Gasteiger charge is 2.37. The summed E-state index contributed by atoms with van der Waals surface area (Å²) in [6.07, 6.45) is 0.